The van der Waals surface area contributed by atoms with Gasteiger partial charge in [0.25, 0.3) is 5.91 Å². The third-order valence-electron chi connectivity index (χ3n) is 8.77. The van der Waals surface area contributed by atoms with E-state index in [4.69, 9.17) is 30.2 Å². The molecule has 48 heavy (non-hydrogen) atoms. The molecule has 0 bridgehead atoms. The highest BCUT2D eigenvalue weighted by atomic mass is 35.5. The summed E-state index contributed by atoms with van der Waals surface area (Å²) in [5, 5.41) is 23.6. The van der Waals surface area contributed by atoms with Crippen molar-refractivity contribution in [1.29, 1.82) is 0 Å². The lowest BCUT2D eigenvalue weighted by Gasteiger charge is -2.32. The second-order valence-corrected chi connectivity index (χ2v) is 13.1. The maximum absolute atomic E-state index is 14.4. The molecule has 3 N–H and O–H groups in total. The molecule has 2 unspecified atom stereocenters. The highest BCUT2D eigenvalue weighted by Gasteiger charge is 2.41. The van der Waals surface area contributed by atoms with Crippen molar-refractivity contribution in [3.05, 3.63) is 81.1 Å². The minimum absolute atomic E-state index is 0.126. The van der Waals surface area contributed by atoms with Crippen molar-refractivity contribution in [3.8, 4) is 11.5 Å². The minimum Gasteiger partial charge on any atom is -0.493 e. The van der Waals surface area contributed by atoms with Crippen molar-refractivity contribution in [3.63, 3.8) is 0 Å². The standard InChI is InChI=1S/C36H39ClN2O9/c1-18-19(2)31-23(14-28(48-31)35(43)44)20(3)30(18)38-29(41)15-27-34(42)39(16-36(4,5)17-40)25-12-11-21(37)13-24(25)32(47-27)22-9-8-10-26(45-6)33(22)46-7/h8-14,27,32,40H,15-17H2,1-7H3,(H,38,41)(H,43,44). The number of aromatic carboxylic acids is 1. The van der Waals surface area contributed by atoms with Crippen LogP contribution >= 0.6 is 11.6 Å². The molecular weight excluding hydrogens is 640 g/mol. The number of carbonyl (C=O) groups is 3. The number of rotatable bonds is 10. The summed E-state index contributed by atoms with van der Waals surface area (Å²) in [6, 6.07) is 11.9. The summed E-state index contributed by atoms with van der Waals surface area (Å²) < 4.78 is 23.5. The number of halogens is 1. The molecule has 5 rings (SSSR count). The predicted molar refractivity (Wildman–Crippen MR) is 182 cm³/mol. The first-order valence-corrected chi connectivity index (χ1v) is 15.7. The lowest BCUT2D eigenvalue weighted by atomic mass is 9.92. The summed E-state index contributed by atoms with van der Waals surface area (Å²) in [5.41, 5.74) is 3.86. The molecule has 1 aliphatic heterocycles. The van der Waals surface area contributed by atoms with Gasteiger partial charge in [0.15, 0.2) is 11.5 Å². The molecule has 12 heteroatoms. The van der Waals surface area contributed by atoms with Crippen LogP contribution in [-0.2, 0) is 14.3 Å². The van der Waals surface area contributed by atoms with Crippen LogP contribution in [0.5, 0.6) is 11.5 Å². The molecule has 3 aromatic carbocycles. The van der Waals surface area contributed by atoms with Crippen molar-refractivity contribution in [2.75, 3.05) is 37.6 Å². The molecule has 2 atom stereocenters. The first-order chi connectivity index (χ1) is 22.7. The maximum Gasteiger partial charge on any atom is 0.371 e. The third-order valence-corrected chi connectivity index (χ3v) is 9.00. The molecule has 0 radical (unpaired) electrons. The molecule has 2 amide bonds. The number of aliphatic hydroxyl groups is 1. The minimum atomic E-state index is -1.27. The van der Waals surface area contributed by atoms with Crippen molar-refractivity contribution >= 4 is 51.7 Å². The number of benzene rings is 3. The molecule has 0 fully saturated rings. The fraction of sp³-hybridized carbons (Fsp3) is 0.361. The second kappa shape index (κ2) is 13.5. The maximum atomic E-state index is 14.4. The number of nitrogens with zero attached hydrogens (tertiary/aromatic N) is 1. The van der Waals surface area contributed by atoms with E-state index in [0.29, 0.717) is 66.7 Å². The van der Waals surface area contributed by atoms with Crippen molar-refractivity contribution < 1.29 is 43.2 Å². The van der Waals surface area contributed by atoms with Crippen LogP contribution < -0.4 is 19.7 Å². The molecule has 1 aromatic heterocycles. The number of aliphatic hydroxyl groups excluding tert-OH is 1. The van der Waals surface area contributed by atoms with Crippen LogP contribution in [-0.4, -0.2) is 61.5 Å². The average Bonchev–Trinajstić information content (AvgIpc) is 3.49. The number of hydrogen-bond donors (Lipinski definition) is 3. The first kappa shape index (κ1) is 34.7. The third kappa shape index (κ3) is 6.45. The summed E-state index contributed by atoms with van der Waals surface area (Å²) in [7, 11) is 3.02. The van der Waals surface area contributed by atoms with Crippen LogP contribution in [0.2, 0.25) is 5.02 Å². The van der Waals surface area contributed by atoms with Gasteiger partial charge in [0, 0.05) is 51.5 Å². The molecule has 4 aromatic rings. The number of aryl methyl sites for hydroxylation is 2. The van der Waals surface area contributed by atoms with Crippen LogP contribution in [0.4, 0.5) is 11.4 Å². The number of ether oxygens (including phenoxy) is 3. The number of carboxylic acid groups (broad SMARTS) is 1. The molecular formula is C36H39ClN2O9. The van der Waals surface area contributed by atoms with E-state index in [2.05, 4.69) is 5.32 Å². The van der Waals surface area contributed by atoms with E-state index >= 15 is 0 Å². The topological polar surface area (TPSA) is 148 Å². The Morgan fingerprint density at radius 3 is 2.40 bits per heavy atom. The Morgan fingerprint density at radius 2 is 1.75 bits per heavy atom. The van der Waals surface area contributed by atoms with Crippen LogP contribution in [0.15, 0.2) is 46.9 Å². The SMILES string of the molecule is COc1cccc(C2OC(CC(=O)Nc3c(C)c(C)c4oc(C(=O)O)cc4c3C)C(=O)N(CC(C)(C)CO)c3ccc(Cl)cc32)c1OC. The molecule has 254 valence electrons. The number of fused-ring (bicyclic) bond motifs is 2. The fourth-order valence-corrected chi connectivity index (χ4v) is 6.26. The number of furan rings is 1. The molecule has 2 heterocycles. The second-order valence-electron chi connectivity index (χ2n) is 12.7. The van der Waals surface area contributed by atoms with Crippen LogP contribution in [0.3, 0.4) is 0 Å². The number of carbonyl (C=O) groups excluding carboxylic acids is 2. The number of amides is 2. The van der Waals surface area contributed by atoms with Gasteiger partial charge in [-0.1, -0.05) is 37.6 Å². The Bertz CT molecular complexity index is 1920. The van der Waals surface area contributed by atoms with E-state index in [9.17, 15) is 24.6 Å². The van der Waals surface area contributed by atoms with Gasteiger partial charge in [-0.15, -0.1) is 0 Å². The summed E-state index contributed by atoms with van der Waals surface area (Å²) in [4.78, 5) is 41.5. The van der Waals surface area contributed by atoms with E-state index in [1.807, 2.05) is 13.8 Å². The van der Waals surface area contributed by atoms with Crippen LogP contribution in [0.25, 0.3) is 11.0 Å². The number of nitrogens with one attached hydrogen (secondary N) is 1. The highest BCUT2D eigenvalue weighted by molar-refractivity contribution is 6.30. The van der Waals surface area contributed by atoms with Crippen molar-refractivity contribution in [1.82, 2.24) is 0 Å². The van der Waals surface area contributed by atoms with E-state index in [0.717, 1.165) is 0 Å². The van der Waals surface area contributed by atoms with E-state index in [1.54, 1.807) is 57.2 Å². The largest absolute Gasteiger partial charge is 0.493 e. The average molecular weight is 679 g/mol. The molecule has 0 saturated heterocycles. The molecule has 0 saturated carbocycles. The van der Waals surface area contributed by atoms with Crippen molar-refractivity contribution in [2.24, 2.45) is 5.41 Å². The predicted octanol–water partition coefficient (Wildman–Crippen LogP) is 6.60. The summed E-state index contributed by atoms with van der Waals surface area (Å²) in [6.45, 7) is 8.96. The van der Waals surface area contributed by atoms with Crippen LogP contribution in [0, 0.1) is 26.2 Å². The van der Waals surface area contributed by atoms with Gasteiger partial charge >= 0.3 is 5.97 Å². The van der Waals surface area contributed by atoms with E-state index in [-0.39, 0.29) is 25.3 Å². The highest BCUT2D eigenvalue weighted by Crippen LogP contribution is 2.46. The number of para-hydroxylation sites is 1. The Labute approximate surface area is 283 Å². The van der Waals surface area contributed by atoms with Gasteiger partial charge in [0.2, 0.25) is 11.7 Å². The molecule has 0 spiro atoms. The van der Waals surface area contributed by atoms with Crippen LogP contribution in [0.1, 0.15) is 64.7 Å². The fourth-order valence-electron chi connectivity index (χ4n) is 6.08. The number of anilines is 2. The monoisotopic (exact) mass is 678 g/mol. The van der Waals surface area contributed by atoms with E-state index in [1.165, 1.54) is 25.2 Å². The Hall–Kier alpha value is -4.58. The lowest BCUT2D eigenvalue weighted by molar-refractivity contribution is -0.136. The van der Waals surface area contributed by atoms with Gasteiger partial charge in [0.05, 0.1) is 20.6 Å². The van der Waals surface area contributed by atoms with Gasteiger partial charge in [-0.3, -0.25) is 9.59 Å². The zero-order valence-electron chi connectivity index (χ0n) is 27.9. The van der Waals surface area contributed by atoms with Gasteiger partial charge < -0.3 is 39.1 Å². The van der Waals surface area contributed by atoms with Crippen molar-refractivity contribution in [2.45, 2.75) is 53.2 Å². The molecule has 11 nitrogen and oxygen atoms in total. The molecule has 1 aliphatic rings. The summed E-state index contributed by atoms with van der Waals surface area (Å²) >= 11 is 6.51. The summed E-state index contributed by atoms with van der Waals surface area (Å²) in [6.07, 6.45) is -2.54. The normalized spacial score (nSPS) is 16.4. The molecule has 0 aliphatic carbocycles. The smallest absolute Gasteiger partial charge is 0.371 e. The van der Waals surface area contributed by atoms with Gasteiger partial charge in [-0.2, -0.15) is 0 Å². The number of methoxy groups -OCH3 is 2. The Kier molecular flexibility index (Phi) is 9.77. The Balaban J connectivity index is 1.59. The Morgan fingerprint density at radius 1 is 1.02 bits per heavy atom. The number of hydrogen-bond acceptors (Lipinski definition) is 8. The first-order valence-electron chi connectivity index (χ1n) is 15.4. The lowest BCUT2D eigenvalue weighted by Crippen LogP contribution is -2.46. The quantitative estimate of drug-likeness (QED) is 0.169. The van der Waals surface area contributed by atoms with E-state index < -0.39 is 35.4 Å². The summed E-state index contributed by atoms with van der Waals surface area (Å²) in [5.74, 6) is -1.53. The zero-order valence-corrected chi connectivity index (χ0v) is 28.7. The van der Waals surface area contributed by atoms with Gasteiger partial charge in [-0.25, -0.2) is 4.79 Å². The zero-order chi connectivity index (χ0) is 35.1. The van der Waals surface area contributed by atoms with Gasteiger partial charge in [-0.05, 0) is 67.8 Å². The number of carboxylic acids is 1. The van der Waals surface area contributed by atoms with Gasteiger partial charge in [0.1, 0.15) is 17.8 Å².